The van der Waals surface area contributed by atoms with Crippen molar-refractivity contribution in [3.63, 3.8) is 0 Å². The molecule has 0 unspecified atom stereocenters. The summed E-state index contributed by atoms with van der Waals surface area (Å²) in [7, 11) is 0. The summed E-state index contributed by atoms with van der Waals surface area (Å²) in [4.78, 5) is 13.2. The zero-order chi connectivity index (χ0) is 13.2. The van der Waals surface area contributed by atoms with E-state index in [1.54, 1.807) is 10.9 Å². The Morgan fingerprint density at radius 1 is 1.11 bits per heavy atom. The van der Waals surface area contributed by atoms with E-state index >= 15 is 0 Å². The lowest BCUT2D eigenvalue weighted by Crippen LogP contribution is -2.17. The van der Waals surface area contributed by atoms with Crippen molar-refractivity contribution in [1.82, 2.24) is 9.78 Å². The van der Waals surface area contributed by atoms with Gasteiger partial charge in [0.1, 0.15) is 0 Å². The second kappa shape index (κ2) is 4.88. The smallest absolute Gasteiger partial charge is 0.153 e. The van der Waals surface area contributed by atoms with Crippen molar-refractivity contribution in [2.45, 2.75) is 19.8 Å². The van der Waals surface area contributed by atoms with Gasteiger partial charge in [0, 0.05) is 25.0 Å². The Kier molecular flexibility index (Phi) is 3.07. The Bertz CT molecular complexity index is 580. The largest absolute Gasteiger partial charge is 0.372 e. The highest BCUT2D eigenvalue weighted by molar-refractivity contribution is 5.76. The van der Waals surface area contributed by atoms with Crippen molar-refractivity contribution >= 4 is 12.0 Å². The molecule has 0 N–H and O–H groups in total. The molecule has 1 aliphatic rings. The molecule has 1 fully saturated rings. The Balaban J connectivity index is 1.86. The summed E-state index contributed by atoms with van der Waals surface area (Å²) in [6.07, 6.45) is 5.18. The maximum absolute atomic E-state index is 10.8. The topological polar surface area (TPSA) is 38.1 Å². The fourth-order valence-corrected chi connectivity index (χ4v) is 2.51. The lowest BCUT2D eigenvalue weighted by Gasteiger charge is -2.17. The van der Waals surface area contributed by atoms with Crippen LogP contribution < -0.4 is 4.90 Å². The first-order valence-corrected chi connectivity index (χ1v) is 6.65. The predicted octanol–water partition coefficient (Wildman–Crippen LogP) is 2.59. The molecule has 1 aliphatic heterocycles. The number of aryl methyl sites for hydroxylation is 1. The SMILES string of the molecule is Cc1nn(-c2ccc(N3CCCC3)cc2)cc1C=O. The van der Waals surface area contributed by atoms with Crippen LogP contribution in [0.2, 0.25) is 0 Å². The molecule has 1 aromatic heterocycles. The quantitative estimate of drug-likeness (QED) is 0.791. The molecule has 0 radical (unpaired) electrons. The van der Waals surface area contributed by atoms with Crippen LogP contribution in [0.25, 0.3) is 5.69 Å². The summed E-state index contributed by atoms with van der Waals surface area (Å²) in [5.74, 6) is 0. The Labute approximate surface area is 112 Å². The minimum absolute atomic E-state index is 0.642. The molecular formula is C15H17N3O. The molecule has 0 amide bonds. The van der Waals surface area contributed by atoms with Crippen molar-refractivity contribution in [1.29, 1.82) is 0 Å². The van der Waals surface area contributed by atoms with Crippen LogP contribution in [0.1, 0.15) is 28.9 Å². The Morgan fingerprint density at radius 2 is 1.74 bits per heavy atom. The van der Waals surface area contributed by atoms with Crippen LogP contribution in [0.3, 0.4) is 0 Å². The molecule has 2 aromatic rings. The van der Waals surface area contributed by atoms with E-state index in [-0.39, 0.29) is 0 Å². The first-order valence-electron chi connectivity index (χ1n) is 6.65. The van der Waals surface area contributed by atoms with E-state index in [1.807, 2.05) is 6.92 Å². The maximum Gasteiger partial charge on any atom is 0.153 e. The van der Waals surface area contributed by atoms with Crippen molar-refractivity contribution in [3.8, 4) is 5.69 Å². The second-order valence-corrected chi connectivity index (χ2v) is 4.94. The van der Waals surface area contributed by atoms with E-state index in [9.17, 15) is 4.79 Å². The highest BCUT2D eigenvalue weighted by atomic mass is 16.1. The number of carbonyl (C=O) groups excluding carboxylic acids is 1. The summed E-state index contributed by atoms with van der Waals surface area (Å²) < 4.78 is 1.76. The summed E-state index contributed by atoms with van der Waals surface area (Å²) in [6, 6.07) is 8.35. The third-order valence-corrected chi connectivity index (χ3v) is 3.65. The van der Waals surface area contributed by atoms with Crippen LogP contribution in [0.5, 0.6) is 0 Å². The minimum atomic E-state index is 0.642. The predicted molar refractivity (Wildman–Crippen MR) is 75.1 cm³/mol. The number of hydrogen-bond donors (Lipinski definition) is 0. The van der Waals surface area contributed by atoms with Gasteiger partial charge < -0.3 is 4.90 Å². The van der Waals surface area contributed by atoms with Gasteiger partial charge in [-0.1, -0.05) is 0 Å². The van der Waals surface area contributed by atoms with Gasteiger partial charge in [-0.15, -0.1) is 0 Å². The zero-order valence-corrected chi connectivity index (χ0v) is 11.0. The van der Waals surface area contributed by atoms with Gasteiger partial charge in [0.2, 0.25) is 0 Å². The Morgan fingerprint density at radius 3 is 2.32 bits per heavy atom. The fraction of sp³-hybridized carbons (Fsp3) is 0.333. The molecule has 4 nitrogen and oxygen atoms in total. The highest BCUT2D eigenvalue weighted by Gasteiger charge is 2.12. The van der Waals surface area contributed by atoms with Gasteiger partial charge >= 0.3 is 0 Å². The Hall–Kier alpha value is -2.10. The number of aldehydes is 1. The van der Waals surface area contributed by atoms with Gasteiger partial charge in [-0.2, -0.15) is 5.10 Å². The monoisotopic (exact) mass is 255 g/mol. The second-order valence-electron chi connectivity index (χ2n) is 4.94. The molecular weight excluding hydrogens is 238 g/mol. The van der Waals surface area contributed by atoms with Crippen LogP contribution in [-0.4, -0.2) is 29.2 Å². The lowest BCUT2D eigenvalue weighted by atomic mass is 10.2. The van der Waals surface area contributed by atoms with E-state index in [2.05, 4.69) is 34.3 Å². The molecule has 0 saturated carbocycles. The number of benzene rings is 1. The maximum atomic E-state index is 10.8. The number of hydrogen-bond acceptors (Lipinski definition) is 3. The average Bonchev–Trinajstić information content (AvgIpc) is 3.08. The first kappa shape index (κ1) is 12.0. The number of aromatic nitrogens is 2. The first-order chi connectivity index (χ1) is 9.28. The van der Waals surface area contributed by atoms with Crippen LogP contribution in [-0.2, 0) is 0 Å². The number of carbonyl (C=O) groups is 1. The summed E-state index contributed by atoms with van der Waals surface area (Å²) in [5.41, 5.74) is 3.65. The van der Waals surface area contributed by atoms with Crippen LogP contribution in [0.15, 0.2) is 30.5 Å². The standard InChI is InChI=1S/C15H17N3O/c1-12-13(11-19)10-18(16-12)15-6-4-14(5-7-15)17-8-2-3-9-17/h4-7,10-11H,2-3,8-9H2,1H3. The van der Waals surface area contributed by atoms with Gasteiger partial charge in [-0.05, 0) is 44.0 Å². The van der Waals surface area contributed by atoms with Crippen molar-refractivity contribution in [2.24, 2.45) is 0 Å². The lowest BCUT2D eigenvalue weighted by molar-refractivity contribution is 0.112. The van der Waals surface area contributed by atoms with E-state index in [0.717, 1.165) is 30.8 Å². The molecule has 0 aliphatic carbocycles. The molecule has 3 rings (SSSR count). The number of nitrogens with zero attached hydrogens (tertiary/aromatic N) is 3. The van der Waals surface area contributed by atoms with E-state index in [0.29, 0.717) is 5.56 Å². The van der Waals surface area contributed by atoms with E-state index in [4.69, 9.17) is 0 Å². The summed E-state index contributed by atoms with van der Waals surface area (Å²) in [5, 5.41) is 4.35. The molecule has 1 saturated heterocycles. The third-order valence-electron chi connectivity index (χ3n) is 3.65. The molecule has 1 aromatic carbocycles. The summed E-state index contributed by atoms with van der Waals surface area (Å²) >= 11 is 0. The van der Waals surface area contributed by atoms with Crippen LogP contribution in [0.4, 0.5) is 5.69 Å². The minimum Gasteiger partial charge on any atom is -0.372 e. The third kappa shape index (κ3) is 2.26. The summed E-state index contributed by atoms with van der Waals surface area (Å²) in [6.45, 7) is 4.14. The van der Waals surface area contributed by atoms with Gasteiger partial charge in [0.25, 0.3) is 0 Å². The number of rotatable bonds is 3. The van der Waals surface area contributed by atoms with Crippen LogP contribution in [0, 0.1) is 6.92 Å². The molecule has 0 spiro atoms. The van der Waals surface area contributed by atoms with Crippen molar-refractivity contribution < 1.29 is 4.79 Å². The molecule has 98 valence electrons. The number of anilines is 1. The molecule has 19 heavy (non-hydrogen) atoms. The highest BCUT2D eigenvalue weighted by Crippen LogP contribution is 2.21. The molecule has 0 bridgehead atoms. The van der Waals surface area contributed by atoms with Gasteiger partial charge in [0.05, 0.1) is 16.9 Å². The molecule has 2 heterocycles. The van der Waals surface area contributed by atoms with Crippen LogP contribution >= 0.6 is 0 Å². The zero-order valence-electron chi connectivity index (χ0n) is 11.0. The average molecular weight is 255 g/mol. The van der Waals surface area contributed by atoms with Gasteiger partial charge in [-0.25, -0.2) is 4.68 Å². The van der Waals surface area contributed by atoms with Gasteiger partial charge in [0.15, 0.2) is 6.29 Å². The molecule has 0 atom stereocenters. The van der Waals surface area contributed by atoms with Crippen molar-refractivity contribution in [2.75, 3.05) is 18.0 Å². The molecule has 4 heteroatoms. The van der Waals surface area contributed by atoms with Crippen molar-refractivity contribution in [3.05, 3.63) is 41.7 Å². The van der Waals surface area contributed by atoms with E-state index in [1.165, 1.54) is 18.5 Å². The van der Waals surface area contributed by atoms with Gasteiger partial charge in [-0.3, -0.25) is 4.79 Å². The normalized spacial score (nSPS) is 14.9. The van der Waals surface area contributed by atoms with E-state index < -0.39 is 0 Å². The fourth-order valence-electron chi connectivity index (χ4n) is 2.51.